The number of carbonyl (C=O) groups is 1. The van der Waals surface area contributed by atoms with Gasteiger partial charge in [0.1, 0.15) is 4.83 Å². The van der Waals surface area contributed by atoms with E-state index < -0.39 is 5.60 Å². The quantitative estimate of drug-likeness (QED) is 0.780. The zero-order chi connectivity index (χ0) is 22.3. The maximum Gasteiger partial charge on any atom is 0.262 e. The molecule has 31 heavy (non-hydrogen) atoms. The lowest BCUT2D eigenvalue weighted by molar-refractivity contribution is -0.136. The topological polar surface area (TPSA) is 78.7 Å². The van der Waals surface area contributed by atoms with Crippen molar-refractivity contribution in [2.45, 2.75) is 59.1 Å². The molecular formula is C23H34N4O3S. The molecule has 0 bridgehead atoms. The van der Waals surface area contributed by atoms with E-state index in [1.54, 1.807) is 10.9 Å². The van der Waals surface area contributed by atoms with Gasteiger partial charge in [-0.2, -0.15) is 0 Å². The molecular weight excluding hydrogens is 412 g/mol. The molecule has 4 rings (SSSR count). The third-order valence-corrected chi connectivity index (χ3v) is 8.10. The highest BCUT2D eigenvalue weighted by atomic mass is 32.1. The number of likely N-dealkylation sites (tertiary alicyclic amines) is 2. The van der Waals surface area contributed by atoms with Crippen LogP contribution in [0.2, 0.25) is 0 Å². The molecule has 2 aliphatic heterocycles. The maximum absolute atomic E-state index is 13.0. The summed E-state index contributed by atoms with van der Waals surface area (Å²) < 4.78 is 1.55. The van der Waals surface area contributed by atoms with E-state index in [0.29, 0.717) is 49.7 Å². The minimum absolute atomic E-state index is 0.0776. The number of piperidine rings is 2. The molecule has 0 saturated carbocycles. The second kappa shape index (κ2) is 8.64. The monoisotopic (exact) mass is 446 g/mol. The van der Waals surface area contributed by atoms with Crippen LogP contribution in [0.4, 0.5) is 0 Å². The predicted molar refractivity (Wildman–Crippen MR) is 124 cm³/mol. The van der Waals surface area contributed by atoms with Crippen LogP contribution in [-0.4, -0.2) is 68.7 Å². The summed E-state index contributed by atoms with van der Waals surface area (Å²) in [6, 6.07) is 0. The van der Waals surface area contributed by atoms with Gasteiger partial charge in [0.15, 0.2) is 0 Å². The highest BCUT2D eigenvalue weighted by molar-refractivity contribution is 7.18. The van der Waals surface area contributed by atoms with Gasteiger partial charge in [-0.05, 0) is 50.5 Å². The summed E-state index contributed by atoms with van der Waals surface area (Å²) in [5.41, 5.74) is -0.0500. The summed E-state index contributed by atoms with van der Waals surface area (Å²) in [4.78, 5) is 36.2. The molecule has 0 radical (unpaired) electrons. The average Bonchev–Trinajstić information content (AvgIpc) is 3.00. The van der Waals surface area contributed by atoms with E-state index in [4.69, 9.17) is 0 Å². The summed E-state index contributed by atoms with van der Waals surface area (Å²) in [7, 11) is 0. The summed E-state index contributed by atoms with van der Waals surface area (Å²) in [6.07, 6.45) is 3.83. The minimum Gasteiger partial charge on any atom is -0.388 e. The summed E-state index contributed by atoms with van der Waals surface area (Å²) in [5.74, 6) is 1.30. The highest BCUT2D eigenvalue weighted by Crippen LogP contribution is 2.28. The first kappa shape index (κ1) is 22.4. The number of fused-ring (bicyclic) bond motifs is 1. The number of aromatic nitrogens is 2. The van der Waals surface area contributed by atoms with Gasteiger partial charge in [-0.25, -0.2) is 4.98 Å². The molecule has 2 aliphatic rings. The van der Waals surface area contributed by atoms with Crippen molar-refractivity contribution in [1.82, 2.24) is 19.4 Å². The van der Waals surface area contributed by atoms with Gasteiger partial charge >= 0.3 is 0 Å². The lowest BCUT2D eigenvalue weighted by Gasteiger charge is -2.40. The molecule has 1 N–H and O–H groups in total. The highest BCUT2D eigenvalue weighted by Gasteiger charge is 2.35. The standard InChI is InChI=1S/C23H34N4O3S/c1-15-9-16(2)11-26(10-15)19(28)12-25-7-5-23(30,6-8-25)13-27-14-24-21-20(22(27)29)17(3)18(4)31-21/h14-16,30H,5-13H2,1-4H3. The number of thiophene rings is 1. The number of rotatable bonds is 4. The molecule has 2 aromatic rings. The Hall–Kier alpha value is -1.77. The fourth-order valence-corrected chi connectivity index (χ4v) is 6.13. The second-order valence-electron chi connectivity index (χ2n) is 9.89. The molecule has 0 spiro atoms. The van der Waals surface area contributed by atoms with Crippen molar-refractivity contribution >= 4 is 27.5 Å². The normalized spacial score (nSPS) is 24.6. The first-order valence-electron chi connectivity index (χ1n) is 11.3. The van der Waals surface area contributed by atoms with Gasteiger partial charge in [0.25, 0.3) is 5.56 Å². The van der Waals surface area contributed by atoms with Crippen LogP contribution in [0, 0.1) is 25.7 Å². The van der Waals surface area contributed by atoms with E-state index in [0.717, 1.165) is 28.4 Å². The lowest BCUT2D eigenvalue weighted by atomic mass is 9.90. The predicted octanol–water partition coefficient (Wildman–Crippen LogP) is 2.41. The third-order valence-electron chi connectivity index (χ3n) is 6.99. The van der Waals surface area contributed by atoms with Gasteiger partial charge in [-0.3, -0.25) is 19.1 Å². The molecule has 2 unspecified atom stereocenters. The summed E-state index contributed by atoms with van der Waals surface area (Å²) >= 11 is 1.54. The Kier molecular flexibility index (Phi) is 6.25. The number of hydrogen-bond donors (Lipinski definition) is 1. The summed E-state index contributed by atoms with van der Waals surface area (Å²) in [6.45, 7) is 12.0. The van der Waals surface area contributed by atoms with E-state index >= 15 is 0 Å². The van der Waals surface area contributed by atoms with Gasteiger partial charge < -0.3 is 10.0 Å². The van der Waals surface area contributed by atoms with Gasteiger partial charge in [0, 0.05) is 31.1 Å². The molecule has 2 atom stereocenters. The fraction of sp³-hybridized carbons (Fsp3) is 0.696. The van der Waals surface area contributed by atoms with Crippen molar-refractivity contribution in [3.8, 4) is 0 Å². The van der Waals surface area contributed by atoms with Gasteiger partial charge in [0.2, 0.25) is 5.91 Å². The van der Waals surface area contributed by atoms with Crippen LogP contribution in [0.1, 0.15) is 43.6 Å². The Bertz CT molecular complexity index is 1010. The number of aryl methyl sites for hydroxylation is 2. The second-order valence-corrected chi connectivity index (χ2v) is 11.1. The van der Waals surface area contributed by atoms with Crippen LogP contribution < -0.4 is 5.56 Å². The van der Waals surface area contributed by atoms with Crippen molar-refractivity contribution in [3.05, 3.63) is 27.1 Å². The SMILES string of the molecule is Cc1sc2ncn(CC3(O)CCN(CC(=O)N4CC(C)CC(C)C4)CC3)c(=O)c2c1C. The van der Waals surface area contributed by atoms with E-state index in [1.807, 2.05) is 18.7 Å². The fourth-order valence-electron chi connectivity index (χ4n) is 5.14. The van der Waals surface area contributed by atoms with E-state index in [2.05, 4.69) is 23.7 Å². The van der Waals surface area contributed by atoms with Crippen molar-refractivity contribution in [2.24, 2.45) is 11.8 Å². The average molecular weight is 447 g/mol. The van der Waals surface area contributed by atoms with Gasteiger partial charge in [0.05, 0.1) is 30.4 Å². The zero-order valence-corrected chi connectivity index (χ0v) is 19.9. The molecule has 8 heteroatoms. The Balaban J connectivity index is 1.37. The Labute approximate surface area is 187 Å². The number of aliphatic hydroxyl groups is 1. The molecule has 7 nitrogen and oxygen atoms in total. The van der Waals surface area contributed by atoms with Crippen molar-refractivity contribution < 1.29 is 9.90 Å². The molecule has 170 valence electrons. The molecule has 4 heterocycles. The van der Waals surface area contributed by atoms with E-state index in [-0.39, 0.29) is 18.0 Å². The zero-order valence-electron chi connectivity index (χ0n) is 19.1. The Morgan fingerprint density at radius 2 is 1.87 bits per heavy atom. The first-order chi connectivity index (χ1) is 14.6. The Morgan fingerprint density at radius 3 is 2.52 bits per heavy atom. The largest absolute Gasteiger partial charge is 0.388 e. The molecule has 0 aliphatic carbocycles. The van der Waals surface area contributed by atoms with Crippen molar-refractivity contribution in [1.29, 1.82) is 0 Å². The van der Waals surface area contributed by atoms with Crippen LogP contribution in [0.5, 0.6) is 0 Å². The molecule has 0 aromatic carbocycles. The summed E-state index contributed by atoms with van der Waals surface area (Å²) in [5, 5.41) is 11.8. The smallest absolute Gasteiger partial charge is 0.262 e. The molecule has 2 saturated heterocycles. The first-order valence-corrected chi connectivity index (χ1v) is 12.1. The van der Waals surface area contributed by atoms with Crippen LogP contribution >= 0.6 is 11.3 Å². The molecule has 1 amide bonds. The lowest BCUT2D eigenvalue weighted by Crippen LogP contribution is -2.52. The minimum atomic E-state index is -0.953. The maximum atomic E-state index is 13.0. The van der Waals surface area contributed by atoms with Crippen molar-refractivity contribution in [3.63, 3.8) is 0 Å². The Morgan fingerprint density at radius 1 is 1.23 bits per heavy atom. The van der Waals surface area contributed by atoms with Crippen molar-refractivity contribution in [2.75, 3.05) is 32.7 Å². The van der Waals surface area contributed by atoms with E-state index in [9.17, 15) is 14.7 Å². The molecule has 2 aromatic heterocycles. The third kappa shape index (κ3) is 4.71. The van der Waals surface area contributed by atoms with Gasteiger partial charge in [-0.15, -0.1) is 11.3 Å². The van der Waals surface area contributed by atoms with Crippen LogP contribution in [0.15, 0.2) is 11.1 Å². The number of hydrogen-bond acceptors (Lipinski definition) is 6. The molecule has 2 fully saturated rings. The van der Waals surface area contributed by atoms with Crippen LogP contribution in [0.3, 0.4) is 0 Å². The van der Waals surface area contributed by atoms with E-state index in [1.165, 1.54) is 17.8 Å². The van der Waals surface area contributed by atoms with Crippen LogP contribution in [-0.2, 0) is 11.3 Å². The number of nitrogens with zero attached hydrogens (tertiary/aromatic N) is 4. The van der Waals surface area contributed by atoms with Gasteiger partial charge in [-0.1, -0.05) is 13.8 Å². The number of amides is 1. The van der Waals surface area contributed by atoms with Crippen LogP contribution in [0.25, 0.3) is 10.2 Å². The number of carbonyl (C=O) groups excluding carboxylic acids is 1.